The number of carbonyl (C=O) groups excluding carboxylic acids is 1. The molecule has 0 bridgehead atoms. The molecule has 0 saturated heterocycles. The summed E-state index contributed by atoms with van der Waals surface area (Å²) in [5.41, 5.74) is 1.05. The normalized spacial score (nSPS) is 16.8. The molecule has 0 radical (unpaired) electrons. The number of hydrogen-bond donors (Lipinski definition) is 1. The molecule has 3 rings (SSSR count). The molecule has 1 aromatic heterocycles. The second kappa shape index (κ2) is 4.72. The first-order chi connectivity index (χ1) is 9.22. The molecular formula is C13H13N3O3. The molecule has 1 atom stereocenters. The van der Waals surface area contributed by atoms with Gasteiger partial charge in [0, 0.05) is 13.3 Å². The average Bonchev–Trinajstić information content (AvgIpc) is 3.01. The first kappa shape index (κ1) is 11.7. The van der Waals surface area contributed by atoms with Crippen LogP contribution in [0.5, 0.6) is 5.75 Å². The van der Waals surface area contributed by atoms with Gasteiger partial charge in [0.15, 0.2) is 6.10 Å². The highest BCUT2D eigenvalue weighted by Gasteiger charge is 2.28. The molecule has 0 unspecified atom stereocenters. The van der Waals surface area contributed by atoms with Gasteiger partial charge in [-0.05, 0) is 11.6 Å². The number of nitrogens with one attached hydrogen (secondary N) is 1. The maximum atomic E-state index is 12.0. The van der Waals surface area contributed by atoms with Crippen LogP contribution in [0.2, 0.25) is 0 Å². The van der Waals surface area contributed by atoms with Crippen molar-refractivity contribution >= 4 is 5.91 Å². The number of para-hydroxylation sites is 1. The van der Waals surface area contributed by atoms with E-state index >= 15 is 0 Å². The average molecular weight is 259 g/mol. The van der Waals surface area contributed by atoms with Crippen LogP contribution in [0.4, 0.5) is 0 Å². The predicted octanol–water partition coefficient (Wildman–Crippen LogP) is 0.998. The number of benzene rings is 1. The van der Waals surface area contributed by atoms with E-state index in [0.29, 0.717) is 18.2 Å². The minimum Gasteiger partial charge on any atom is -0.480 e. The van der Waals surface area contributed by atoms with Gasteiger partial charge in [-0.2, -0.15) is 0 Å². The Labute approximate surface area is 109 Å². The van der Waals surface area contributed by atoms with Crippen LogP contribution in [0.3, 0.4) is 0 Å². The highest BCUT2D eigenvalue weighted by molar-refractivity contribution is 5.82. The van der Waals surface area contributed by atoms with Crippen LogP contribution in [-0.2, 0) is 17.8 Å². The molecule has 0 spiro atoms. The number of amides is 1. The van der Waals surface area contributed by atoms with Crippen molar-refractivity contribution in [3.8, 4) is 5.75 Å². The number of hydrogen-bond acceptors (Lipinski definition) is 5. The Morgan fingerprint density at radius 3 is 3.00 bits per heavy atom. The summed E-state index contributed by atoms with van der Waals surface area (Å²) in [4.78, 5) is 12.0. The molecule has 1 aliphatic heterocycles. The smallest absolute Gasteiger partial charge is 0.261 e. The maximum absolute atomic E-state index is 12.0. The number of aromatic nitrogens is 2. The van der Waals surface area contributed by atoms with Gasteiger partial charge in [0.25, 0.3) is 5.91 Å². The van der Waals surface area contributed by atoms with Crippen molar-refractivity contribution in [2.24, 2.45) is 0 Å². The Balaban J connectivity index is 1.58. The molecule has 0 fully saturated rings. The molecule has 6 heteroatoms. The van der Waals surface area contributed by atoms with E-state index in [-0.39, 0.29) is 12.5 Å². The van der Waals surface area contributed by atoms with Crippen molar-refractivity contribution in [3.63, 3.8) is 0 Å². The van der Waals surface area contributed by atoms with Crippen molar-refractivity contribution in [1.29, 1.82) is 0 Å². The number of ether oxygens (including phenoxy) is 1. The third-order valence-corrected chi connectivity index (χ3v) is 2.92. The van der Waals surface area contributed by atoms with E-state index in [0.717, 1.165) is 11.3 Å². The van der Waals surface area contributed by atoms with Gasteiger partial charge in [-0.3, -0.25) is 4.79 Å². The predicted molar refractivity (Wildman–Crippen MR) is 65.4 cm³/mol. The lowest BCUT2D eigenvalue weighted by Crippen LogP contribution is -2.37. The molecule has 1 amide bonds. The number of nitrogens with zero attached hydrogens (tertiary/aromatic N) is 2. The number of fused-ring (bicyclic) bond motifs is 1. The van der Waals surface area contributed by atoms with Gasteiger partial charge in [-0.1, -0.05) is 18.2 Å². The van der Waals surface area contributed by atoms with Crippen LogP contribution in [0.15, 0.2) is 28.7 Å². The van der Waals surface area contributed by atoms with Gasteiger partial charge < -0.3 is 14.5 Å². The Bertz CT molecular complexity index is 584. The Morgan fingerprint density at radius 2 is 2.26 bits per heavy atom. The van der Waals surface area contributed by atoms with E-state index in [1.165, 1.54) is 0 Å². The summed E-state index contributed by atoms with van der Waals surface area (Å²) in [7, 11) is 0. The van der Waals surface area contributed by atoms with Gasteiger partial charge in [0.2, 0.25) is 11.8 Å². The highest BCUT2D eigenvalue weighted by Crippen LogP contribution is 2.28. The Hall–Kier alpha value is -2.37. The summed E-state index contributed by atoms with van der Waals surface area (Å²) in [6.45, 7) is 1.92. The van der Waals surface area contributed by atoms with Crippen LogP contribution in [-0.4, -0.2) is 22.2 Å². The number of aryl methyl sites for hydroxylation is 1. The van der Waals surface area contributed by atoms with E-state index in [2.05, 4.69) is 15.5 Å². The monoisotopic (exact) mass is 259 g/mol. The zero-order chi connectivity index (χ0) is 13.2. The summed E-state index contributed by atoms with van der Waals surface area (Å²) in [5, 5.41) is 10.2. The van der Waals surface area contributed by atoms with Crippen LogP contribution in [0, 0.1) is 6.92 Å². The van der Waals surface area contributed by atoms with Crippen LogP contribution in [0.25, 0.3) is 0 Å². The molecule has 6 nitrogen and oxygen atoms in total. The van der Waals surface area contributed by atoms with Crippen molar-refractivity contribution < 1.29 is 13.9 Å². The third-order valence-electron chi connectivity index (χ3n) is 2.92. The molecule has 19 heavy (non-hydrogen) atoms. The lowest BCUT2D eigenvalue weighted by atomic mass is 10.1. The van der Waals surface area contributed by atoms with Crippen LogP contribution < -0.4 is 10.1 Å². The lowest BCUT2D eigenvalue weighted by Gasteiger charge is -2.09. The molecule has 1 aliphatic rings. The standard InChI is InChI=1S/C13H13N3O3/c1-8-15-16-12(18-8)7-14-13(17)11-6-9-4-2-3-5-10(9)19-11/h2-5,11H,6-7H2,1H3,(H,14,17)/t11-/m0/s1. The molecule has 2 heterocycles. The quantitative estimate of drug-likeness (QED) is 0.889. The fraction of sp³-hybridized carbons (Fsp3) is 0.308. The number of carbonyl (C=O) groups is 1. The van der Waals surface area contributed by atoms with Gasteiger partial charge >= 0.3 is 0 Å². The molecule has 1 N–H and O–H groups in total. The Kier molecular flexibility index (Phi) is 2.91. The van der Waals surface area contributed by atoms with Crippen LogP contribution in [0.1, 0.15) is 17.3 Å². The largest absolute Gasteiger partial charge is 0.480 e. The summed E-state index contributed by atoms with van der Waals surface area (Å²) < 4.78 is 10.8. The van der Waals surface area contributed by atoms with Crippen LogP contribution >= 0.6 is 0 Å². The lowest BCUT2D eigenvalue weighted by molar-refractivity contribution is -0.127. The van der Waals surface area contributed by atoms with Gasteiger partial charge in [-0.15, -0.1) is 10.2 Å². The fourth-order valence-corrected chi connectivity index (χ4v) is 2.01. The fourth-order valence-electron chi connectivity index (χ4n) is 2.01. The first-order valence-corrected chi connectivity index (χ1v) is 6.03. The third kappa shape index (κ3) is 2.42. The van der Waals surface area contributed by atoms with Crippen molar-refractivity contribution in [2.75, 3.05) is 0 Å². The van der Waals surface area contributed by atoms with E-state index in [4.69, 9.17) is 9.15 Å². The molecule has 2 aromatic rings. The molecule has 0 saturated carbocycles. The van der Waals surface area contributed by atoms with E-state index in [1.54, 1.807) is 6.92 Å². The minimum absolute atomic E-state index is 0.174. The zero-order valence-corrected chi connectivity index (χ0v) is 10.4. The van der Waals surface area contributed by atoms with E-state index in [9.17, 15) is 4.79 Å². The molecule has 98 valence electrons. The highest BCUT2D eigenvalue weighted by atomic mass is 16.5. The second-order valence-electron chi connectivity index (χ2n) is 4.35. The summed E-state index contributed by atoms with van der Waals surface area (Å²) >= 11 is 0. The van der Waals surface area contributed by atoms with E-state index in [1.807, 2.05) is 24.3 Å². The molecular weight excluding hydrogens is 246 g/mol. The molecule has 1 aromatic carbocycles. The summed E-state index contributed by atoms with van der Waals surface area (Å²) in [5.74, 6) is 1.47. The molecule has 0 aliphatic carbocycles. The second-order valence-corrected chi connectivity index (χ2v) is 4.35. The van der Waals surface area contributed by atoms with Crippen molar-refractivity contribution in [1.82, 2.24) is 15.5 Å². The SMILES string of the molecule is Cc1nnc(CNC(=O)[C@@H]2Cc3ccccc3O2)o1. The maximum Gasteiger partial charge on any atom is 0.261 e. The summed E-state index contributed by atoms with van der Waals surface area (Å²) in [6, 6.07) is 7.65. The minimum atomic E-state index is -0.485. The number of rotatable bonds is 3. The van der Waals surface area contributed by atoms with Gasteiger partial charge in [0.1, 0.15) is 5.75 Å². The van der Waals surface area contributed by atoms with Gasteiger partial charge in [0.05, 0.1) is 6.54 Å². The zero-order valence-electron chi connectivity index (χ0n) is 10.4. The van der Waals surface area contributed by atoms with E-state index < -0.39 is 6.10 Å². The Morgan fingerprint density at radius 1 is 1.42 bits per heavy atom. The first-order valence-electron chi connectivity index (χ1n) is 6.03. The van der Waals surface area contributed by atoms with Gasteiger partial charge in [-0.25, -0.2) is 0 Å². The summed E-state index contributed by atoms with van der Waals surface area (Å²) in [6.07, 6.45) is 0.103. The van der Waals surface area contributed by atoms with Crippen molar-refractivity contribution in [3.05, 3.63) is 41.6 Å². The topological polar surface area (TPSA) is 77.2 Å². The van der Waals surface area contributed by atoms with Crippen molar-refractivity contribution in [2.45, 2.75) is 26.0 Å².